The van der Waals surface area contributed by atoms with E-state index in [1.54, 1.807) is 6.20 Å². The Morgan fingerprint density at radius 2 is 1.90 bits per heavy atom. The van der Waals surface area contributed by atoms with Crippen LogP contribution in [0.25, 0.3) is 23.0 Å². The van der Waals surface area contributed by atoms with Gasteiger partial charge in [-0.2, -0.15) is 4.98 Å². The van der Waals surface area contributed by atoms with E-state index in [0.29, 0.717) is 24.0 Å². The van der Waals surface area contributed by atoms with Crippen LogP contribution >= 0.6 is 15.9 Å². The average Bonchev–Trinajstić information content (AvgIpc) is 2.98. The summed E-state index contributed by atoms with van der Waals surface area (Å²) in [6.07, 6.45) is 1.70. The molecule has 0 saturated heterocycles. The number of aromatic nitrogens is 3. The van der Waals surface area contributed by atoms with Crippen molar-refractivity contribution in [1.82, 2.24) is 15.1 Å². The molecule has 0 aliphatic rings. The van der Waals surface area contributed by atoms with Crippen molar-refractivity contribution in [2.45, 2.75) is 6.54 Å². The van der Waals surface area contributed by atoms with Crippen molar-refractivity contribution in [1.29, 1.82) is 0 Å². The fraction of sp³-hybridized carbons (Fsp3) is 0.0714. The molecule has 0 spiro atoms. The maximum atomic E-state index is 5.57. The second-order valence-electron chi connectivity index (χ2n) is 4.19. The topological polar surface area (TPSA) is 77.8 Å². The summed E-state index contributed by atoms with van der Waals surface area (Å²) in [6.45, 7) is 0.512. The van der Waals surface area contributed by atoms with Crippen LogP contribution in [-0.4, -0.2) is 15.1 Å². The van der Waals surface area contributed by atoms with Gasteiger partial charge in [0.1, 0.15) is 5.69 Å². The van der Waals surface area contributed by atoms with E-state index in [4.69, 9.17) is 10.3 Å². The highest BCUT2D eigenvalue weighted by molar-refractivity contribution is 9.10. The second-order valence-corrected chi connectivity index (χ2v) is 5.10. The Labute approximate surface area is 124 Å². The van der Waals surface area contributed by atoms with E-state index >= 15 is 0 Å². The molecule has 0 radical (unpaired) electrons. The van der Waals surface area contributed by atoms with Gasteiger partial charge in [-0.25, -0.2) is 0 Å². The number of nitrogens with zero attached hydrogens (tertiary/aromatic N) is 3. The van der Waals surface area contributed by atoms with E-state index in [0.717, 1.165) is 15.6 Å². The standard InChI is InChI=1S/C14H11BrN4O/c15-11-5-6-12(17-8-11)13-18-14(20-19-13)10-3-1-9(7-16)2-4-10/h1-6,8H,7,16H2. The molecule has 2 heterocycles. The maximum Gasteiger partial charge on any atom is 0.258 e. The molecule has 3 rings (SSSR count). The SMILES string of the molecule is NCc1ccc(-c2nc(-c3ccc(Br)cn3)no2)cc1. The summed E-state index contributed by atoms with van der Waals surface area (Å²) in [4.78, 5) is 8.58. The van der Waals surface area contributed by atoms with E-state index in [1.165, 1.54) is 0 Å². The fourth-order valence-corrected chi connectivity index (χ4v) is 1.97. The third-order valence-electron chi connectivity index (χ3n) is 2.82. The van der Waals surface area contributed by atoms with Crippen molar-refractivity contribution < 1.29 is 4.52 Å². The molecule has 2 N–H and O–H groups in total. The van der Waals surface area contributed by atoms with E-state index in [1.807, 2.05) is 36.4 Å². The molecule has 0 atom stereocenters. The van der Waals surface area contributed by atoms with Gasteiger partial charge in [0.15, 0.2) is 0 Å². The van der Waals surface area contributed by atoms with Crippen LogP contribution in [0.2, 0.25) is 0 Å². The third kappa shape index (κ3) is 2.61. The summed E-state index contributed by atoms with van der Waals surface area (Å²) in [5.41, 5.74) is 8.15. The van der Waals surface area contributed by atoms with Gasteiger partial charge in [-0.05, 0) is 45.8 Å². The highest BCUT2D eigenvalue weighted by Crippen LogP contribution is 2.22. The first-order chi connectivity index (χ1) is 9.76. The van der Waals surface area contributed by atoms with Crippen LogP contribution in [0.5, 0.6) is 0 Å². The predicted octanol–water partition coefficient (Wildman–Crippen LogP) is 3.02. The summed E-state index contributed by atoms with van der Waals surface area (Å²) >= 11 is 3.34. The molecule has 0 aliphatic carbocycles. The van der Waals surface area contributed by atoms with E-state index in [9.17, 15) is 0 Å². The number of rotatable bonds is 3. The van der Waals surface area contributed by atoms with Crippen LogP contribution in [-0.2, 0) is 6.54 Å². The molecule has 5 nitrogen and oxygen atoms in total. The zero-order valence-corrected chi connectivity index (χ0v) is 12.0. The first kappa shape index (κ1) is 13.0. The minimum Gasteiger partial charge on any atom is -0.334 e. The van der Waals surface area contributed by atoms with Gasteiger partial charge in [0, 0.05) is 22.8 Å². The van der Waals surface area contributed by atoms with Crippen LogP contribution in [0.15, 0.2) is 51.6 Å². The van der Waals surface area contributed by atoms with Gasteiger partial charge in [-0.15, -0.1) is 0 Å². The smallest absolute Gasteiger partial charge is 0.258 e. The van der Waals surface area contributed by atoms with Gasteiger partial charge in [0.05, 0.1) is 0 Å². The quantitative estimate of drug-likeness (QED) is 0.798. The molecular weight excluding hydrogens is 320 g/mol. The number of hydrogen-bond donors (Lipinski definition) is 1. The zero-order valence-electron chi connectivity index (χ0n) is 10.5. The lowest BCUT2D eigenvalue weighted by molar-refractivity contribution is 0.432. The Morgan fingerprint density at radius 1 is 1.10 bits per heavy atom. The number of benzene rings is 1. The number of hydrogen-bond acceptors (Lipinski definition) is 5. The highest BCUT2D eigenvalue weighted by atomic mass is 79.9. The molecular formula is C14H11BrN4O. The first-order valence-corrected chi connectivity index (χ1v) is 6.80. The van der Waals surface area contributed by atoms with Crippen LogP contribution in [0.3, 0.4) is 0 Å². The fourth-order valence-electron chi connectivity index (χ4n) is 1.74. The molecule has 3 aromatic rings. The molecule has 0 bridgehead atoms. The summed E-state index contributed by atoms with van der Waals surface area (Å²) < 4.78 is 6.17. The van der Waals surface area contributed by atoms with Gasteiger partial charge in [0.25, 0.3) is 5.89 Å². The number of pyridine rings is 1. The summed E-state index contributed by atoms with van der Waals surface area (Å²) in [5.74, 6) is 0.934. The molecule has 1 aromatic carbocycles. The van der Waals surface area contributed by atoms with Crippen LogP contribution in [0.1, 0.15) is 5.56 Å². The zero-order chi connectivity index (χ0) is 13.9. The molecule has 2 aromatic heterocycles. The Bertz CT molecular complexity index is 707. The van der Waals surface area contributed by atoms with Gasteiger partial charge >= 0.3 is 0 Å². The summed E-state index contributed by atoms with van der Waals surface area (Å²) in [5, 5.41) is 3.95. The first-order valence-electron chi connectivity index (χ1n) is 6.01. The van der Waals surface area contributed by atoms with E-state index in [-0.39, 0.29) is 0 Å². The summed E-state index contributed by atoms with van der Waals surface area (Å²) in [7, 11) is 0. The Balaban J connectivity index is 1.91. The van der Waals surface area contributed by atoms with Gasteiger partial charge in [-0.3, -0.25) is 4.98 Å². The molecule has 0 amide bonds. The number of halogens is 1. The Hall–Kier alpha value is -2.05. The molecule has 6 heteroatoms. The lowest BCUT2D eigenvalue weighted by Gasteiger charge is -1.97. The van der Waals surface area contributed by atoms with Gasteiger partial charge < -0.3 is 10.3 Å². The van der Waals surface area contributed by atoms with Gasteiger partial charge in [-0.1, -0.05) is 17.3 Å². The van der Waals surface area contributed by atoms with Crippen molar-refractivity contribution in [2.75, 3.05) is 0 Å². The predicted molar refractivity (Wildman–Crippen MR) is 78.6 cm³/mol. The lowest BCUT2D eigenvalue weighted by Crippen LogP contribution is -1.95. The molecule has 0 aliphatic heterocycles. The average molecular weight is 331 g/mol. The second kappa shape index (κ2) is 5.52. The van der Waals surface area contributed by atoms with E-state index < -0.39 is 0 Å². The normalized spacial score (nSPS) is 10.7. The minimum absolute atomic E-state index is 0.466. The van der Waals surface area contributed by atoms with Crippen LogP contribution in [0.4, 0.5) is 0 Å². The molecule has 100 valence electrons. The van der Waals surface area contributed by atoms with Crippen LogP contribution < -0.4 is 5.73 Å². The van der Waals surface area contributed by atoms with Crippen molar-refractivity contribution in [2.24, 2.45) is 5.73 Å². The van der Waals surface area contributed by atoms with Crippen molar-refractivity contribution >= 4 is 15.9 Å². The maximum absolute atomic E-state index is 5.57. The Kier molecular flexibility index (Phi) is 3.58. The Morgan fingerprint density at radius 3 is 2.55 bits per heavy atom. The number of nitrogens with two attached hydrogens (primary N) is 1. The summed E-state index contributed by atoms with van der Waals surface area (Å²) in [6, 6.07) is 11.4. The highest BCUT2D eigenvalue weighted by Gasteiger charge is 2.11. The minimum atomic E-state index is 0.466. The monoisotopic (exact) mass is 330 g/mol. The molecule has 0 unspecified atom stereocenters. The van der Waals surface area contributed by atoms with Crippen molar-refractivity contribution in [3.63, 3.8) is 0 Å². The van der Waals surface area contributed by atoms with Gasteiger partial charge in [0.2, 0.25) is 5.82 Å². The molecule has 20 heavy (non-hydrogen) atoms. The lowest BCUT2D eigenvalue weighted by atomic mass is 10.1. The molecule has 0 fully saturated rings. The van der Waals surface area contributed by atoms with E-state index in [2.05, 4.69) is 31.1 Å². The van der Waals surface area contributed by atoms with Crippen molar-refractivity contribution in [3.8, 4) is 23.0 Å². The van der Waals surface area contributed by atoms with Crippen LogP contribution in [0, 0.1) is 0 Å². The molecule has 0 saturated carbocycles. The third-order valence-corrected chi connectivity index (χ3v) is 3.29. The largest absolute Gasteiger partial charge is 0.334 e. The van der Waals surface area contributed by atoms with Crippen molar-refractivity contribution in [3.05, 3.63) is 52.6 Å².